The summed E-state index contributed by atoms with van der Waals surface area (Å²) < 4.78 is 1.65. The van der Waals surface area contributed by atoms with E-state index in [9.17, 15) is 4.79 Å². The summed E-state index contributed by atoms with van der Waals surface area (Å²) in [5, 5.41) is 10.2. The highest BCUT2D eigenvalue weighted by Gasteiger charge is 2.19. The fraction of sp³-hybridized carbons (Fsp3) is 0.222. The van der Waals surface area contributed by atoms with E-state index in [1.807, 2.05) is 49.6 Å². The number of nitrogens with one attached hydrogen (secondary N) is 1. The highest BCUT2D eigenvalue weighted by Crippen LogP contribution is 2.26. The molecule has 3 rings (SSSR count). The van der Waals surface area contributed by atoms with Gasteiger partial charge in [-0.1, -0.05) is 30.7 Å². The number of nitrogens with zero attached hydrogens (tertiary/aromatic N) is 2. The van der Waals surface area contributed by atoms with Crippen LogP contribution in [0.1, 0.15) is 30.8 Å². The molecule has 0 spiro atoms. The van der Waals surface area contributed by atoms with Crippen molar-refractivity contribution in [2.75, 3.05) is 0 Å². The molecule has 0 saturated carbocycles. The zero-order valence-electron chi connectivity index (χ0n) is 13.5. The number of aromatic nitrogens is 2. The number of rotatable bonds is 5. The number of carbonyl (C=O) groups excluding carboxylic acids is 1. The Bertz CT molecular complexity index is 842. The average molecular weight is 360 g/mol. The lowest BCUT2D eigenvalue weighted by Gasteiger charge is -2.12. The zero-order valence-corrected chi connectivity index (χ0v) is 15.1. The van der Waals surface area contributed by atoms with E-state index in [4.69, 9.17) is 11.6 Å². The first-order chi connectivity index (χ1) is 11.6. The van der Waals surface area contributed by atoms with Crippen molar-refractivity contribution in [3.63, 3.8) is 0 Å². The van der Waals surface area contributed by atoms with Gasteiger partial charge < -0.3 is 5.32 Å². The molecular weight excluding hydrogens is 342 g/mol. The number of halogens is 1. The maximum atomic E-state index is 12.7. The van der Waals surface area contributed by atoms with Gasteiger partial charge >= 0.3 is 0 Å². The van der Waals surface area contributed by atoms with Crippen LogP contribution in [0.3, 0.4) is 0 Å². The van der Waals surface area contributed by atoms with Gasteiger partial charge in [0.2, 0.25) is 0 Å². The molecule has 24 heavy (non-hydrogen) atoms. The third kappa shape index (κ3) is 3.52. The lowest BCUT2D eigenvalue weighted by Crippen LogP contribution is -2.33. The maximum Gasteiger partial charge on any atom is 0.270 e. The number of thiophene rings is 1. The Hall–Kier alpha value is -2.11. The van der Waals surface area contributed by atoms with Crippen molar-refractivity contribution in [1.82, 2.24) is 15.1 Å². The van der Waals surface area contributed by atoms with E-state index < -0.39 is 0 Å². The Balaban J connectivity index is 2.06. The molecule has 1 N–H and O–H groups in total. The van der Waals surface area contributed by atoms with Crippen molar-refractivity contribution in [2.45, 2.75) is 26.3 Å². The third-order valence-electron chi connectivity index (χ3n) is 3.76. The average Bonchev–Trinajstić information content (AvgIpc) is 3.23. The summed E-state index contributed by atoms with van der Waals surface area (Å²) in [4.78, 5) is 13.7. The van der Waals surface area contributed by atoms with Crippen molar-refractivity contribution in [3.05, 3.63) is 58.6 Å². The van der Waals surface area contributed by atoms with Crippen molar-refractivity contribution < 1.29 is 4.79 Å². The quantitative estimate of drug-likeness (QED) is 0.712. The van der Waals surface area contributed by atoms with Gasteiger partial charge in [0.05, 0.1) is 10.6 Å². The van der Waals surface area contributed by atoms with Crippen LogP contribution in [-0.2, 0) is 0 Å². The topological polar surface area (TPSA) is 46.9 Å². The molecule has 6 heteroatoms. The Morgan fingerprint density at radius 3 is 2.83 bits per heavy atom. The van der Waals surface area contributed by atoms with Crippen molar-refractivity contribution in [1.29, 1.82) is 0 Å². The van der Waals surface area contributed by atoms with Gasteiger partial charge in [-0.05, 0) is 49.1 Å². The minimum atomic E-state index is -0.139. The molecule has 1 aromatic carbocycles. The summed E-state index contributed by atoms with van der Waals surface area (Å²) in [5.74, 6) is -0.139. The van der Waals surface area contributed by atoms with Crippen LogP contribution in [-0.4, -0.2) is 21.7 Å². The number of hydrogen-bond acceptors (Lipinski definition) is 3. The lowest BCUT2D eigenvalue weighted by molar-refractivity contribution is 0.0931. The Morgan fingerprint density at radius 2 is 2.17 bits per heavy atom. The van der Waals surface area contributed by atoms with Crippen LogP contribution >= 0.6 is 22.9 Å². The highest BCUT2D eigenvalue weighted by molar-refractivity contribution is 7.13. The first-order valence-corrected chi connectivity index (χ1v) is 9.05. The van der Waals surface area contributed by atoms with E-state index in [1.54, 1.807) is 28.2 Å². The van der Waals surface area contributed by atoms with Gasteiger partial charge in [0.25, 0.3) is 5.91 Å². The van der Waals surface area contributed by atoms with Crippen LogP contribution in [0.2, 0.25) is 5.02 Å². The molecule has 4 nitrogen and oxygen atoms in total. The SMILES string of the molecule is CCC(C)NC(=O)c1cc(-c2cccs2)nn1-c1cccc(Cl)c1. The molecule has 1 unspecified atom stereocenters. The lowest BCUT2D eigenvalue weighted by atomic mass is 10.2. The van der Waals surface area contributed by atoms with E-state index in [2.05, 4.69) is 10.4 Å². The van der Waals surface area contributed by atoms with Crippen molar-refractivity contribution in [3.8, 4) is 16.3 Å². The minimum absolute atomic E-state index is 0.102. The predicted molar refractivity (Wildman–Crippen MR) is 99.1 cm³/mol. The fourth-order valence-electron chi connectivity index (χ4n) is 2.29. The van der Waals surface area contributed by atoms with Gasteiger partial charge in [0.1, 0.15) is 11.4 Å². The molecule has 0 aliphatic heterocycles. The first kappa shape index (κ1) is 16.7. The van der Waals surface area contributed by atoms with Gasteiger partial charge in [-0.15, -0.1) is 11.3 Å². The number of benzene rings is 1. The molecule has 0 fully saturated rings. The second-order valence-corrected chi connectivity index (χ2v) is 6.95. The smallest absolute Gasteiger partial charge is 0.270 e. The minimum Gasteiger partial charge on any atom is -0.348 e. The van der Waals surface area contributed by atoms with Crippen LogP contribution in [0, 0.1) is 0 Å². The van der Waals surface area contributed by atoms with Gasteiger partial charge in [-0.3, -0.25) is 4.79 Å². The zero-order chi connectivity index (χ0) is 17.1. The first-order valence-electron chi connectivity index (χ1n) is 7.79. The molecular formula is C18H18ClN3OS. The number of amides is 1. The van der Waals surface area contributed by atoms with Gasteiger partial charge in [0, 0.05) is 11.1 Å². The normalized spacial score (nSPS) is 12.1. The molecule has 0 saturated heterocycles. The fourth-order valence-corrected chi connectivity index (χ4v) is 3.16. The summed E-state index contributed by atoms with van der Waals surface area (Å²) in [6, 6.07) is 13.2. The number of hydrogen-bond donors (Lipinski definition) is 1. The second-order valence-electron chi connectivity index (χ2n) is 5.57. The van der Waals surface area contributed by atoms with E-state index in [1.165, 1.54) is 0 Å². The summed E-state index contributed by atoms with van der Waals surface area (Å²) in [6.07, 6.45) is 0.870. The molecule has 2 aromatic heterocycles. The van der Waals surface area contributed by atoms with E-state index in [0.717, 1.165) is 22.7 Å². The van der Waals surface area contributed by atoms with Crippen LogP contribution in [0.15, 0.2) is 47.8 Å². The molecule has 3 aromatic rings. The number of carbonyl (C=O) groups is 1. The van der Waals surface area contributed by atoms with E-state index in [0.29, 0.717) is 10.7 Å². The molecule has 2 heterocycles. The van der Waals surface area contributed by atoms with Crippen LogP contribution in [0.5, 0.6) is 0 Å². The summed E-state index contributed by atoms with van der Waals surface area (Å²) >= 11 is 7.69. The van der Waals surface area contributed by atoms with Crippen LogP contribution < -0.4 is 5.32 Å². The van der Waals surface area contributed by atoms with Gasteiger partial charge in [-0.2, -0.15) is 5.10 Å². The maximum absolute atomic E-state index is 12.7. The Morgan fingerprint density at radius 1 is 1.33 bits per heavy atom. The summed E-state index contributed by atoms with van der Waals surface area (Å²) in [7, 11) is 0. The van der Waals surface area contributed by atoms with Gasteiger partial charge in [0.15, 0.2) is 0 Å². The monoisotopic (exact) mass is 359 g/mol. The predicted octanol–water partition coefficient (Wildman–Crippen LogP) is 4.78. The van der Waals surface area contributed by atoms with Crippen molar-refractivity contribution in [2.24, 2.45) is 0 Å². The molecule has 1 atom stereocenters. The molecule has 0 bridgehead atoms. The van der Waals surface area contributed by atoms with Gasteiger partial charge in [-0.25, -0.2) is 4.68 Å². The molecule has 1 amide bonds. The highest BCUT2D eigenvalue weighted by atomic mass is 35.5. The van der Waals surface area contributed by atoms with Crippen molar-refractivity contribution >= 4 is 28.8 Å². The molecule has 124 valence electrons. The van der Waals surface area contributed by atoms with Crippen LogP contribution in [0.4, 0.5) is 0 Å². The molecule has 0 radical (unpaired) electrons. The standard InChI is InChI=1S/C18H18ClN3OS/c1-3-12(2)20-18(23)16-11-15(17-8-5-9-24-17)21-22(16)14-7-4-6-13(19)10-14/h4-12H,3H2,1-2H3,(H,20,23). The second kappa shape index (κ2) is 7.20. The molecule has 0 aliphatic rings. The Labute approximate surface area is 150 Å². The van der Waals surface area contributed by atoms with E-state index in [-0.39, 0.29) is 11.9 Å². The summed E-state index contributed by atoms with van der Waals surface area (Å²) in [6.45, 7) is 4.02. The molecule has 0 aliphatic carbocycles. The summed E-state index contributed by atoms with van der Waals surface area (Å²) in [5.41, 5.74) is 2.04. The van der Waals surface area contributed by atoms with E-state index >= 15 is 0 Å². The Kier molecular flexibility index (Phi) is 5.02. The third-order valence-corrected chi connectivity index (χ3v) is 4.89. The van der Waals surface area contributed by atoms with Crippen LogP contribution in [0.25, 0.3) is 16.3 Å². The largest absolute Gasteiger partial charge is 0.348 e.